The second-order valence-electron chi connectivity index (χ2n) is 10.6. The maximum atomic E-state index is 12.8. The molecule has 2 atom stereocenters. The van der Waals surface area contributed by atoms with E-state index in [0.29, 0.717) is 32.1 Å². The van der Waals surface area contributed by atoms with E-state index in [1.165, 1.54) is 11.1 Å². The molecular weight excluding hydrogens is 462 g/mol. The maximum Gasteiger partial charge on any atom is 0.410 e. The first kappa shape index (κ1) is 23.9. The molecule has 2 aromatic rings. The van der Waals surface area contributed by atoms with Crippen molar-refractivity contribution in [2.75, 3.05) is 24.5 Å². The number of anilines is 1. The van der Waals surface area contributed by atoms with Crippen molar-refractivity contribution < 1.29 is 9.53 Å². The molecule has 1 aromatic carbocycles. The van der Waals surface area contributed by atoms with Gasteiger partial charge in [-0.3, -0.25) is 4.90 Å². The Morgan fingerprint density at radius 3 is 2.80 bits per heavy atom. The van der Waals surface area contributed by atoms with E-state index < -0.39 is 5.60 Å². The number of fused-ring (bicyclic) bond motifs is 2. The highest BCUT2D eigenvalue weighted by molar-refractivity contribution is 6.28. The third-order valence-electron chi connectivity index (χ3n) is 7.06. The minimum absolute atomic E-state index is 0.160. The number of hydrogen-bond acceptors (Lipinski definition) is 6. The van der Waals surface area contributed by atoms with Crippen LogP contribution in [0.3, 0.4) is 0 Å². The minimum Gasteiger partial charge on any atom is -0.444 e. The Labute approximate surface area is 212 Å². The molecule has 3 aliphatic rings. The number of nitrogens with zero attached hydrogens (tertiary/aromatic N) is 5. The molecule has 0 spiro atoms. The highest BCUT2D eigenvalue weighted by Crippen LogP contribution is 2.41. The van der Waals surface area contributed by atoms with Crippen LogP contribution in [-0.2, 0) is 24.2 Å². The molecule has 0 radical (unpaired) electrons. The molecular formula is C27H32ClN5O2. The van der Waals surface area contributed by atoms with Crippen LogP contribution in [0.2, 0.25) is 5.28 Å². The maximum absolute atomic E-state index is 12.8. The van der Waals surface area contributed by atoms with Gasteiger partial charge >= 0.3 is 6.09 Å². The van der Waals surface area contributed by atoms with Crippen molar-refractivity contribution in [3.63, 3.8) is 0 Å². The Hall–Kier alpha value is -2.82. The van der Waals surface area contributed by atoms with Gasteiger partial charge in [0.25, 0.3) is 0 Å². The molecule has 5 rings (SSSR count). The Morgan fingerprint density at radius 2 is 2.03 bits per heavy atom. The summed E-state index contributed by atoms with van der Waals surface area (Å²) in [7, 11) is 0. The highest BCUT2D eigenvalue weighted by atomic mass is 35.5. The molecule has 0 bridgehead atoms. The standard InChI is InChI=1S/C27H32ClN5O2/c1-5-8-19-15-31(13-14-33(19)26(34)35-27(2,3)4)24-21-16-32(17-22(21)29-25(28)30-24)23-12-11-18-9-6-7-10-20(18)23/h1,6-7,9-10,19,23H,8,11-17H2,2-4H3/t19-,23?/m0/s1. The van der Waals surface area contributed by atoms with Crippen LogP contribution < -0.4 is 4.90 Å². The summed E-state index contributed by atoms with van der Waals surface area (Å²) in [5.74, 6) is 3.59. The van der Waals surface area contributed by atoms with Crippen LogP contribution in [0.4, 0.5) is 10.6 Å². The van der Waals surface area contributed by atoms with E-state index in [1.807, 2.05) is 20.8 Å². The number of terminal acetylenes is 1. The molecule has 8 heteroatoms. The Kier molecular flexibility index (Phi) is 6.37. The van der Waals surface area contributed by atoms with Gasteiger partial charge in [0.05, 0.1) is 11.7 Å². The van der Waals surface area contributed by atoms with Crippen molar-refractivity contribution in [2.45, 2.75) is 70.8 Å². The number of halogens is 1. The van der Waals surface area contributed by atoms with Gasteiger partial charge in [-0.15, -0.1) is 12.3 Å². The van der Waals surface area contributed by atoms with E-state index in [1.54, 1.807) is 4.90 Å². The monoisotopic (exact) mass is 493 g/mol. The van der Waals surface area contributed by atoms with Crippen molar-refractivity contribution in [3.05, 3.63) is 51.9 Å². The molecule has 0 N–H and O–H groups in total. The quantitative estimate of drug-likeness (QED) is 0.460. The average Bonchev–Trinajstić information content (AvgIpc) is 3.41. The topological polar surface area (TPSA) is 61.8 Å². The summed E-state index contributed by atoms with van der Waals surface area (Å²) in [6.07, 6.45) is 8.01. The van der Waals surface area contributed by atoms with Gasteiger partial charge in [0.15, 0.2) is 0 Å². The number of piperazine rings is 1. The predicted molar refractivity (Wildman–Crippen MR) is 136 cm³/mol. The molecule has 1 fully saturated rings. The van der Waals surface area contributed by atoms with Crippen molar-refractivity contribution in [1.29, 1.82) is 0 Å². The molecule has 1 amide bonds. The van der Waals surface area contributed by atoms with Crippen LogP contribution in [-0.4, -0.2) is 57.1 Å². The smallest absolute Gasteiger partial charge is 0.410 e. The second-order valence-corrected chi connectivity index (χ2v) is 10.9. The lowest BCUT2D eigenvalue weighted by atomic mass is 10.1. The lowest BCUT2D eigenvalue weighted by molar-refractivity contribution is 0.0145. The molecule has 7 nitrogen and oxygen atoms in total. The van der Waals surface area contributed by atoms with E-state index in [0.717, 1.165) is 43.0 Å². The van der Waals surface area contributed by atoms with Crippen molar-refractivity contribution in [3.8, 4) is 12.3 Å². The van der Waals surface area contributed by atoms with Gasteiger partial charge in [0.1, 0.15) is 11.4 Å². The number of benzene rings is 1. The Morgan fingerprint density at radius 1 is 1.23 bits per heavy atom. The summed E-state index contributed by atoms with van der Waals surface area (Å²) in [4.78, 5) is 28.6. The summed E-state index contributed by atoms with van der Waals surface area (Å²) >= 11 is 6.40. The van der Waals surface area contributed by atoms with Gasteiger partial charge in [0, 0.05) is 50.7 Å². The molecule has 1 unspecified atom stereocenters. The van der Waals surface area contributed by atoms with Crippen LogP contribution in [0.15, 0.2) is 24.3 Å². The SMILES string of the molecule is C#CC[C@H]1CN(c2nc(Cl)nc3c2CN(C2CCc4ccccc42)C3)CCN1C(=O)OC(C)(C)C. The number of aromatic nitrogens is 2. The van der Waals surface area contributed by atoms with E-state index >= 15 is 0 Å². The lowest BCUT2D eigenvalue weighted by Gasteiger charge is -2.42. The fourth-order valence-corrected chi connectivity index (χ4v) is 5.73. The average molecular weight is 494 g/mol. The van der Waals surface area contributed by atoms with Gasteiger partial charge in [-0.05, 0) is 56.3 Å². The third-order valence-corrected chi connectivity index (χ3v) is 7.23. The van der Waals surface area contributed by atoms with E-state index in [2.05, 4.69) is 50.0 Å². The fraction of sp³-hybridized carbons (Fsp3) is 0.519. The summed E-state index contributed by atoms with van der Waals surface area (Å²) in [5.41, 5.74) is 4.42. The van der Waals surface area contributed by atoms with Crippen LogP contribution in [0, 0.1) is 12.3 Å². The largest absolute Gasteiger partial charge is 0.444 e. The zero-order chi connectivity index (χ0) is 24.7. The van der Waals surface area contributed by atoms with E-state index in [4.69, 9.17) is 22.8 Å². The first-order valence-electron chi connectivity index (χ1n) is 12.3. The van der Waals surface area contributed by atoms with E-state index in [9.17, 15) is 4.79 Å². The highest BCUT2D eigenvalue weighted by Gasteiger charge is 2.38. The van der Waals surface area contributed by atoms with Gasteiger partial charge < -0.3 is 14.5 Å². The molecule has 1 aromatic heterocycles. The molecule has 0 saturated carbocycles. The number of hydrogen-bond donors (Lipinski definition) is 0. The molecule has 1 saturated heterocycles. The van der Waals surface area contributed by atoms with Gasteiger partial charge in [-0.25, -0.2) is 14.8 Å². The summed E-state index contributed by atoms with van der Waals surface area (Å²) < 4.78 is 5.63. The zero-order valence-corrected chi connectivity index (χ0v) is 21.4. The number of carbonyl (C=O) groups is 1. The molecule has 3 heterocycles. The third kappa shape index (κ3) is 4.82. The normalized spacial score (nSPS) is 22.0. The van der Waals surface area contributed by atoms with Crippen LogP contribution >= 0.6 is 11.6 Å². The minimum atomic E-state index is -0.557. The van der Waals surface area contributed by atoms with Gasteiger partial charge in [-0.1, -0.05) is 24.3 Å². The number of aryl methyl sites for hydroxylation is 1. The predicted octanol–water partition coefficient (Wildman–Crippen LogP) is 4.58. The van der Waals surface area contributed by atoms with Crippen LogP contribution in [0.5, 0.6) is 0 Å². The van der Waals surface area contributed by atoms with Crippen molar-refractivity contribution in [1.82, 2.24) is 19.8 Å². The summed E-state index contributed by atoms with van der Waals surface area (Å²) in [6.45, 7) is 8.88. The molecule has 1 aliphatic carbocycles. The Bertz CT molecular complexity index is 1170. The summed E-state index contributed by atoms with van der Waals surface area (Å²) in [5, 5.41) is 0.260. The summed E-state index contributed by atoms with van der Waals surface area (Å²) in [6, 6.07) is 8.94. The van der Waals surface area contributed by atoms with Crippen molar-refractivity contribution >= 4 is 23.5 Å². The fourth-order valence-electron chi connectivity index (χ4n) is 5.55. The lowest BCUT2D eigenvalue weighted by Crippen LogP contribution is -2.56. The zero-order valence-electron chi connectivity index (χ0n) is 20.6. The number of ether oxygens (including phenoxy) is 1. The number of carbonyl (C=O) groups excluding carboxylic acids is 1. The number of rotatable bonds is 3. The van der Waals surface area contributed by atoms with E-state index in [-0.39, 0.29) is 17.4 Å². The first-order valence-corrected chi connectivity index (χ1v) is 12.7. The second kappa shape index (κ2) is 9.33. The van der Waals surface area contributed by atoms with Gasteiger partial charge in [0.2, 0.25) is 5.28 Å². The molecule has 184 valence electrons. The molecule has 35 heavy (non-hydrogen) atoms. The molecule has 2 aliphatic heterocycles. The Balaban J connectivity index is 1.37. The first-order chi connectivity index (χ1) is 16.7. The van der Waals surface area contributed by atoms with Crippen LogP contribution in [0.25, 0.3) is 0 Å². The van der Waals surface area contributed by atoms with Gasteiger partial charge in [-0.2, -0.15) is 0 Å². The van der Waals surface area contributed by atoms with Crippen molar-refractivity contribution in [2.24, 2.45) is 0 Å². The number of amides is 1. The van der Waals surface area contributed by atoms with Crippen LogP contribution in [0.1, 0.15) is 62.0 Å².